The highest BCUT2D eigenvalue weighted by atomic mass is 32.2. The topological polar surface area (TPSA) is 29.1 Å². The molecule has 0 radical (unpaired) electrons. The molecule has 0 aromatic heterocycles. The minimum atomic E-state index is -0.316. The number of amides is 1. The molecule has 0 unspecified atom stereocenters. The molecule has 5 rings (SSSR count). The number of rotatable bonds is 4. The number of hydrogen-bond acceptors (Lipinski definition) is 2. The molecule has 2 nitrogen and oxygen atoms in total. The van der Waals surface area contributed by atoms with E-state index in [9.17, 15) is 9.18 Å². The van der Waals surface area contributed by atoms with E-state index in [0.29, 0.717) is 10.4 Å². The Bertz CT molecular complexity index is 582. The van der Waals surface area contributed by atoms with E-state index in [2.05, 4.69) is 5.32 Å². The van der Waals surface area contributed by atoms with Crippen molar-refractivity contribution in [1.82, 2.24) is 0 Å². The Morgan fingerprint density at radius 2 is 1.83 bits per heavy atom. The van der Waals surface area contributed by atoms with Gasteiger partial charge in [0.25, 0.3) is 0 Å². The zero-order valence-electron chi connectivity index (χ0n) is 13.6. The summed E-state index contributed by atoms with van der Waals surface area (Å²) in [5.41, 5.74) is 0.549. The molecule has 4 aliphatic rings. The molecule has 1 N–H and O–H groups in total. The summed E-state index contributed by atoms with van der Waals surface area (Å²) in [5, 5.41) is 2.78. The van der Waals surface area contributed by atoms with Crippen LogP contribution in [0.2, 0.25) is 0 Å². The van der Waals surface area contributed by atoms with Gasteiger partial charge in [-0.1, -0.05) is 6.07 Å². The third-order valence-electron chi connectivity index (χ3n) is 5.87. The number of benzene rings is 1. The monoisotopic (exact) mass is 333 g/mol. The molecule has 0 aliphatic heterocycles. The summed E-state index contributed by atoms with van der Waals surface area (Å²) >= 11 is 1.88. The summed E-state index contributed by atoms with van der Waals surface area (Å²) in [4.78, 5) is 12.5. The summed E-state index contributed by atoms with van der Waals surface area (Å²) in [6, 6.07) is 6.13. The molecule has 0 spiro atoms. The first-order valence-electron chi connectivity index (χ1n) is 8.76. The third kappa shape index (κ3) is 3.15. The molecular formula is C19H24FNOS. The lowest BCUT2D eigenvalue weighted by atomic mass is 9.56. The fourth-order valence-corrected chi connectivity index (χ4v) is 7.33. The predicted octanol–water partition coefficient (Wildman–Crippen LogP) is 4.85. The molecule has 1 aromatic carbocycles. The molecule has 23 heavy (non-hydrogen) atoms. The van der Waals surface area contributed by atoms with Gasteiger partial charge in [0.05, 0.1) is 5.25 Å². The van der Waals surface area contributed by atoms with Crippen molar-refractivity contribution in [2.75, 3.05) is 5.32 Å². The fraction of sp³-hybridized carbons (Fsp3) is 0.632. The van der Waals surface area contributed by atoms with Crippen LogP contribution >= 0.6 is 11.8 Å². The highest BCUT2D eigenvalue weighted by Crippen LogP contribution is 2.61. The van der Waals surface area contributed by atoms with Crippen LogP contribution in [0.3, 0.4) is 0 Å². The van der Waals surface area contributed by atoms with Crippen LogP contribution in [0.4, 0.5) is 10.1 Å². The summed E-state index contributed by atoms with van der Waals surface area (Å²) in [6.45, 7) is 2.00. The Balaban J connectivity index is 1.41. The van der Waals surface area contributed by atoms with Gasteiger partial charge in [-0.25, -0.2) is 4.39 Å². The number of thioether (sulfide) groups is 1. The first-order valence-corrected chi connectivity index (χ1v) is 9.63. The van der Waals surface area contributed by atoms with Crippen molar-refractivity contribution < 1.29 is 9.18 Å². The van der Waals surface area contributed by atoms with Crippen molar-refractivity contribution in [3.63, 3.8) is 0 Å². The SMILES string of the molecule is C[C@@H](SC12CC3CC(CC(C3)C1)C2)C(=O)Nc1cccc(F)c1. The lowest BCUT2D eigenvalue weighted by molar-refractivity contribution is -0.115. The van der Waals surface area contributed by atoms with Gasteiger partial charge in [-0.3, -0.25) is 4.79 Å². The van der Waals surface area contributed by atoms with Gasteiger partial charge in [0.15, 0.2) is 0 Å². The molecule has 4 bridgehead atoms. The van der Waals surface area contributed by atoms with Crippen LogP contribution in [0.1, 0.15) is 45.4 Å². The highest BCUT2D eigenvalue weighted by molar-refractivity contribution is 8.01. The maximum Gasteiger partial charge on any atom is 0.237 e. The molecule has 1 atom stereocenters. The van der Waals surface area contributed by atoms with Gasteiger partial charge in [0.1, 0.15) is 5.82 Å². The number of anilines is 1. The third-order valence-corrected chi connectivity index (χ3v) is 7.44. The van der Waals surface area contributed by atoms with Gasteiger partial charge < -0.3 is 5.32 Å². The quantitative estimate of drug-likeness (QED) is 0.853. The Morgan fingerprint density at radius 1 is 1.22 bits per heavy atom. The standard InChI is InChI=1S/C19H24FNOS/c1-12(18(22)21-17-4-2-3-16(20)8-17)23-19-9-13-5-14(10-19)7-15(6-13)11-19/h2-4,8,12-15H,5-7,9-11H2,1H3,(H,21,22)/t12-,13?,14?,15?,19?/m1/s1. The summed E-state index contributed by atoms with van der Waals surface area (Å²) < 4.78 is 13.6. The average Bonchev–Trinajstić information content (AvgIpc) is 2.45. The molecule has 124 valence electrons. The second kappa shape index (κ2) is 5.80. The van der Waals surface area contributed by atoms with Crippen molar-refractivity contribution in [3.8, 4) is 0 Å². The zero-order chi connectivity index (χ0) is 16.0. The molecule has 1 aromatic rings. The summed E-state index contributed by atoms with van der Waals surface area (Å²) in [6.07, 6.45) is 8.14. The Kier molecular flexibility index (Phi) is 3.91. The first-order chi connectivity index (χ1) is 11.0. The molecule has 4 saturated carbocycles. The van der Waals surface area contributed by atoms with Gasteiger partial charge >= 0.3 is 0 Å². The van der Waals surface area contributed by atoms with Crippen LogP contribution in [0.15, 0.2) is 24.3 Å². The summed E-state index contributed by atoms with van der Waals surface area (Å²) in [5.74, 6) is 2.37. The molecule has 4 heteroatoms. The molecular weight excluding hydrogens is 309 g/mol. The minimum Gasteiger partial charge on any atom is -0.325 e. The van der Waals surface area contributed by atoms with E-state index in [1.54, 1.807) is 12.1 Å². The van der Waals surface area contributed by atoms with E-state index >= 15 is 0 Å². The number of nitrogens with one attached hydrogen (secondary N) is 1. The van der Waals surface area contributed by atoms with E-state index in [1.165, 1.54) is 50.7 Å². The first kappa shape index (κ1) is 15.5. The average molecular weight is 333 g/mol. The number of hydrogen-bond donors (Lipinski definition) is 1. The zero-order valence-corrected chi connectivity index (χ0v) is 14.4. The Labute approximate surface area is 141 Å². The smallest absolute Gasteiger partial charge is 0.237 e. The number of carbonyl (C=O) groups is 1. The Morgan fingerprint density at radius 3 is 2.39 bits per heavy atom. The van der Waals surface area contributed by atoms with Crippen LogP contribution in [-0.2, 0) is 4.79 Å². The Hall–Kier alpha value is -1.03. The summed E-state index contributed by atoms with van der Waals surface area (Å²) in [7, 11) is 0. The number of carbonyl (C=O) groups excluding carboxylic acids is 1. The van der Waals surface area contributed by atoms with Crippen molar-refractivity contribution in [1.29, 1.82) is 0 Å². The van der Waals surface area contributed by atoms with E-state index in [4.69, 9.17) is 0 Å². The highest BCUT2D eigenvalue weighted by Gasteiger charge is 2.52. The van der Waals surface area contributed by atoms with Crippen molar-refractivity contribution in [2.24, 2.45) is 17.8 Å². The van der Waals surface area contributed by atoms with Crippen LogP contribution in [0, 0.1) is 23.6 Å². The van der Waals surface area contributed by atoms with E-state index in [-0.39, 0.29) is 17.0 Å². The second-order valence-electron chi connectivity index (χ2n) is 7.86. The minimum absolute atomic E-state index is 0.00338. The van der Waals surface area contributed by atoms with E-state index in [1.807, 2.05) is 18.7 Å². The second-order valence-corrected chi connectivity index (χ2v) is 9.67. The maximum absolute atomic E-state index is 13.2. The van der Waals surface area contributed by atoms with Gasteiger partial charge in [0.2, 0.25) is 5.91 Å². The van der Waals surface area contributed by atoms with Crippen LogP contribution in [0.25, 0.3) is 0 Å². The maximum atomic E-state index is 13.2. The van der Waals surface area contributed by atoms with E-state index < -0.39 is 0 Å². The van der Waals surface area contributed by atoms with Crippen molar-refractivity contribution >= 4 is 23.4 Å². The molecule has 4 aliphatic carbocycles. The van der Waals surface area contributed by atoms with Gasteiger partial charge in [0, 0.05) is 10.4 Å². The molecule has 1 amide bonds. The fourth-order valence-electron chi connectivity index (χ4n) is 5.41. The normalized spacial score (nSPS) is 36.0. The van der Waals surface area contributed by atoms with Gasteiger partial charge in [-0.15, -0.1) is 11.8 Å². The van der Waals surface area contributed by atoms with E-state index in [0.717, 1.165) is 17.8 Å². The van der Waals surface area contributed by atoms with Crippen LogP contribution in [0.5, 0.6) is 0 Å². The van der Waals surface area contributed by atoms with Crippen LogP contribution < -0.4 is 5.32 Å². The van der Waals surface area contributed by atoms with Crippen LogP contribution in [-0.4, -0.2) is 15.9 Å². The molecule has 0 heterocycles. The lowest BCUT2D eigenvalue weighted by Crippen LogP contribution is -2.49. The number of halogens is 1. The van der Waals surface area contributed by atoms with Gasteiger partial charge in [-0.05, 0) is 81.4 Å². The van der Waals surface area contributed by atoms with Crippen molar-refractivity contribution in [2.45, 2.75) is 55.4 Å². The lowest BCUT2D eigenvalue weighted by Gasteiger charge is -2.57. The van der Waals surface area contributed by atoms with Gasteiger partial charge in [-0.2, -0.15) is 0 Å². The molecule has 0 saturated heterocycles. The largest absolute Gasteiger partial charge is 0.325 e. The predicted molar refractivity (Wildman–Crippen MR) is 93.0 cm³/mol. The molecule has 4 fully saturated rings. The van der Waals surface area contributed by atoms with Crippen molar-refractivity contribution in [3.05, 3.63) is 30.1 Å².